The number of rotatable bonds is 4. The SMILES string of the molecule is C.C=CON=C.OC1(Cc2ccccc2)CCCCC1. The van der Waals surface area contributed by atoms with E-state index in [1.807, 2.05) is 18.2 Å². The van der Waals surface area contributed by atoms with Gasteiger partial charge in [0.2, 0.25) is 0 Å². The Hall–Kier alpha value is -1.61. The fourth-order valence-electron chi connectivity index (χ4n) is 2.42. The fraction of sp³-hybridized carbons (Fsp3) is 0.471. The molecule has 0 bridgehead atoms. The molecule has 1 saturated carbocycles. The first kappa shape index (κ1) is 18.4. The van der Waals surface area contributed by atoms with Crippen molar-refractivity contribution in [3.05, 3.63) is 48.7 Å². The molecule has 0 aliphatic heterocycles. The molecule has 3 nitrogen and oxygen atoms in total. The quantitative estimate of drug-likeness (QED) is 0.506. The molecule has 1 aromatic rings. The number of benzene rings is 1. The van der Waals surface area contributed by atoms with Crippen LogP contribution in [-0.4, -0.2) is 17.4 Å². The molecular weight excluding hydrogens is 250 g/mol. The van der Waals surface area contributed by atoms with E-state index in [1.54, 1.807) is 0 Å². The lowest BCUT2D eigenvalue weighted by atomic mass is 9.80. The van der Waals surface area contributed by atoms with Crippen LogP contribution in [-0.2, 0) is 11.3 Å². The maximum Gasteiger partial charge on any atom is 0.114 e. The molecule has 1 N–H and O–H groups in total. The van der Waals surface area contributed by atoms with E-state index < -0.39 is 5.60 Å². The first-order chi connectivity index (χ1) is 9.20. The number of hydrogen-bond donors (Lipinski definition) is 1. The van der Waals surface area contributed by atoms with Crippen molar-refractivity contribution in [2.24, 2.45) is 5.16 Å². The molecule has 0 saturated heterocycles. The third kappa shape index (κ3) is 7.10. The van der Waals surface area contributed by atoms with Crippen molar-refractivity contribution in [2.45, 2.75) is 51.6 Å². The first-order valence-corrected chi connectivity index (χ1v) is 6.69. The Morgan fingerprint density at radius 2 is 1.80 bits per heavy atom. The smallest absolute Gasteiger partial charge is 0.114 e. The Morgan fingerprint density at radius 3 is 2.25 bits per heavy atom. The highest BCUT2D eigenvalue weighted by Crippen LogP contribution is 2.30. The van der Waals surface area contributed by atoms with E-state index in [0.29, 0.717) is 0 Å². The number of nitrogens with zero attached hydrogens (tertiary/aromatic N) is 1. The van der Waals surface area contributed by atoms with Crippen LogP contribution in [0.2, 0.25) is 0 Å². The number of aliphatic hydroxyl groups is 1. The number of oxime groups is 1. The van der Waals surface area contributed by atoms with Crippen LogP contribution in [0.3, 0.4) is 0 Å². The normalized spacial score (nSPS) is 15.8. The highest BCUT2D eigenvalue weighted by molar-refractivity contribution is 5.21. The minimum Gasteiger partial charge on any atom is -0.390 e. The summed E-state index contributed by atoms with van der Waals surface area (Å²) in [5, 5.41) is 13.3. The summed E-state index contributed by atoms with van der Waals surface area (Å²) in [6.07, 6.45) is 7.63. The molecule has 20 heavy (non-hydrogen) atoms. The highest BCUT2D eigenvalue weighted by atomic mass is 16.6. The van der Waals surface area contributed by atoms with Gasteiger partial charge in [-0.1, -0.05) is 68.8 Å². The maximum atomic E-state index is 10.3. The molecule has 0 amide bonds. The van der Waals surface area contributed by atoms with E-state index in [9.17, 15) is 5.11 Å². The van der Waals surface area contributed by atoms with Crippen LogP contribution in [0.4, 0.5) is 0 Å². The van der Waals surface area contributed by atoms with Gasteiger partial charge in [-0.2, -0.15) is 0 Å². The van der Waals surface area contributed by atoms with Gasteiger partial charge in [0.1, 0.15) is 6.26 Å². The largest absolute Gasteiger partial charge is 0.390 e. The molecule has 0 aromatic heterocycles. The van der Waals surface area contributed by atoms with Crippen LogP contribution in [0.5, 0.6) is 0 Å². The summed E-state index contributed by atoms with van der Waals surface area (Å²) in [6.45, 7) is 6.20. The fourth-order valence-corrected chi connectivity index (χ4v) is 2.42. The zero-order chi connectivity index (χ0) is 14.0. The van der Waals surface area contributed by atoms with E-state index >= 15 is 0 Å². The zero-order valence-corrected chi connectivity index (χ0v) is 11.4. The Labute approximate surface area is 123 Å². The third-order valence-electron chi connectivity index (χ3n) is 3.31. The summed E-state index contributed by atoms with van der Waals surface area (Å²) in [6, 6.07) is 10.3. The lowest BCUT2D eigenvalue weighted by molar-refractivity contribution is 0.00449. The molecule has 1 aliphatic rings. The van der Waals surface area contributed by atoms with E-state index in [0.717, 1.165) is 19.3 Å². The molecule has 1 fully saturated rings. The van der Waals surface area contributed by atoms with Crippen molar-refractivity contribution in [1.29, 1.82) is 0 Å². The Morgan fingerprint density at radius 1 is 1.20 bits per heavy atom. The average molecular weight is 277 g/mol. The van der Waals surface area contributed by atoms with Gasteiger partial charge in [0.25, 0.3) is 0 Å². The summed E-state index contributed by atoms with van der Waals surface area (Å²) in [4.78, 5) is 4.11. The van der Waals surface area contributed by atoms with Crippen LogP contribution in [0.25, 0.3) is 0 Å². The molecule has 1 aliphatic carbocycles. The standard InChI is InChI=1S/C13H18O.C3H5NO.CH4/c14-13(9-5-2-6-10-13)11-12-7-3-1-4-8-12;1-3-5-4-2;/h1,3-4,7-8,14H,2,5-6,9-11H2;3H,1-2H2;1H4. The predicted molar refractivity (Wildman–Crippen MR) is 85.7 cm³/mol. The summed E-state index contributed by atoms with van der Waals surface area (Å²) < 4.78 is 0. The molecule has 1 aromatic carbocycles. The van der Waals surface area contributed by atoms with Crippen molar-refractivity contribution in [3.63, 3.8) is 0 Å². The van der Waals surface area contributed by atoms with Gasteiger partial charge in [-0.05, 0) is 18.4 Å². The lowest BCUT2D eigenvalue weighted by Crippen LogP contribution is -2.33. The topological polar surface area (TPSA) is 41.8 Å². The van der Waals surface area contributed by atoms with Gasteiger partial charge < -0.3 is 9.94 Å². The molecule has 0 atom stereocenters. The summed E-state index contributed by atoms with van der Waals surface area (Å²) in [7, 11) is 0. The molecule has 0 heterocycles. The van der Waals surface area contributed by atoms with Crippen LogP contribution in [0.15, 0.2) is 48.3 Å². The molecule has 2 rings (SSSR count). The van der Waals surface area contributed by atoms with Gasteiger partial charge in [0, 0.05) is 13.1 Å². The van der Waals surface area contributed by atoms with Gasteiger partial charge in [0.05, 0.1) is 5.60 Å². The predicted octanol–water partition coefficient (Wildman–Crippen LogP) is 4.32. The second-order valence-corrected chi connectivity index (χ2v) is 4.85. The second kappa shape index (κ2) is 10.2. The van der Waals surface area contributed by atoms with Crippen LogP contribution in [0.1, 0.15) is 45.1 Å². The van der Waals surface area contributed by atoms with Gasteiger partial charge in [-0.25, -0.2) is 0 Å². The van der Waals surface area contributed by atoms with Gasteiger partial charge >= 0.3 is 0 Å². The first-order valence-electron chi connectivity index (χ1n) is 6.69. The summed E-state index contributed by atoms with van der Waals surface area (Å²) in [5.41, 5.74) is 0.844. The van der Waals surface area contributed by atoms with E-state index in [-0.39, 0.29) is 7.43 Å². The van der Waals surface area contributed by atoms with Crippen molar-refractivity contribution in [3.8, 4) is 0 Å². The molecule has 3 heteroatoms. The average Bonchev–Trinajstić information content (AvgIpc) is 2.42. The molecular formula is C17H27NO2. The van der Waals surface area contributed by atoms with E-state index in [4.69, 9.17) is 0 Å². The number of hydrogen-bond acceptors (Lipinski definition) is 3. The van der Waals surface area contributed by atoms with Crippen molar-refractivity contribution in [2.75, 3.05) is 0 Å². The van der Waals surface area contributed by atoms with E-state index in [2.05, 4.69) is 35.4 Å². The molecule has 0 unspecified atom stereocenters. The van der Waals surface area contributed by atoms with Gasteiger partial charge in [-0.3, -0.25) is 0 Å². The Bertz CT molecular complexity index is 364. The van der Waals surface area contributed by atoms with Crippen LogP contribution in [0, 0.1) is 0 Å². The maximum absolute atomic E-state index is 10.3. The Kier molecular flexibility index (Phi) is 9.39. The van der Waals surface area contributed by atoms with Gasteiger partial charge in [0.15, 0.2) is 0 Å². The monoisotopic (exact) mass is 277 g/mol. The zero-order valence-electron chi connectivity index (χ0n) is 11.4. The summed E-state index contributed by atoms with van der Waals surface area (Å²) >= 11 is 0. The molecule has 0 radical (unpaired) electrons. The second-order valence-electron chi connectivity index (χ2n) is 4.85. The van der Waals surface area contributed by atoms with Gasteiger partial charge in [-0.15, -0.1) is 0 Å². The van der Waals surface area contributed by atoms with Crippen molar-refractivity contribution in [1.82, 2.24) is 0 Å². The third-order valence-corrected chi connectivity index (χ3v) is 3.31. The minimum atomic E-state index is -0.417. The van der Waals surface area contributed by atoms with Crippen molar-refractivity contribution < 1.29 is 9.94 Å². The highest BCUT2D eigenvalue weighted by Gasteiger charge is 2.28. The molecule has 112 valence electrons. The van der Waals surface area contributed by atoms with Crippen molar-refractivity contribution >= 4 is 6.72 Å². The lowest BCUT2D eigenvalue weighted by Gasteiger charge is -2.32. The van der Waals surface area contributed by atoms with Crippen LogP contribution >= 0.6 is 0 Å². The summed E-state index contributed by atoms with van der Waals surface area (Å²) in [5.74, 6) is 0. The Balaban J connectivity index is 0.000000526. The van der Waals surface area contributed by atoms with E-state index in [1.165, 1.54) is 31.1 Å². The minimum absolute atomic E-state index is 0. The molecule has 0 spiro atoms. The van der Waals surface area contributed by atoms with Crippen LogP contribution < -0.4 is 0 Å².